The first-order valence-corrected chi connectivity index (χ1v) is 4.12. The predicted molar refractivity (Wildman–Crippen MR) is 43.0 cm³/mol. The number of aliphatic hydroxyl groups is 1. The Hall–Kier alpha value is -0.380. The Bertz CT molecular complexity index is 197. The van der Waals surface area contributed by atoms with Gasteiger partial charge in [0.2, 0.25) is 0 Å². The molecule has 0 saturated carbocycles. The number of nitrogens with two attached hydrogens (primary N) is 1. The SMILES string of the molecule is NCCc1cc(CO)cs1. The molecule has 56 valence electrons. The minimum Gasteiger partial charge on any atom is -0.392 e. The highest BCUT2D eigenvalue weighted by Crippen LogP contribution is 2.14. The van der Waals surface area contributed by atoms with E-state index in [4.69, 9.17) is 10.8 Å². The van der Waals surface area contributed by atoms with Crippen LogP contribution in [0, 0.1) is 0 Å². The van der Waals surface area contributed by atoms with Gasteiger partial charge < -0.3 is 10.8 Å². The molecule has 0 atom stereocenters. The Morgan fingerprint density at radius 1 is 1.60 bits per heavy atom. The molecule has 1 aromatic heterocycles. The number of aliphatic hydroxyl groups excluding tert-OH is 1. The lowest BCUT2D eigenvalue weighted by molar-refractivity contribution is 0.282. The molecule has 0 aliphatic rings. The molecule has 0 unspecified atom stereocenters. The summed E-state index contributed by atoms with van der Waals surface area (Å²) in [7, 11) is 0. The van der Waals surface area contributed by atoms with Crippen LogP contribution in [0.1, 0.15) is 10.4 Å². The lowest BCUT2D eigenvalue weighted by Gasteiger charge is -1.88. The molecule has 0 aliphatic heterocycles. The topological polar surface area (TPSA) is 46.2 Å². The highest BCUT2D eigenvalue weighted by molar-refractivity contribution is 7.10. The first-order chi connectivity index (χ1) is 4.86. The van der Waals surface area contributed by atoms with Crippen molar-refractivity contribution in [3.63, 3.8) is 0 Å². The minimum atomic E-state index is 0.140. The molecule has 1 aromatic rings. The summed E-state index contributed by atoms with van der Waals surface area (Å²) in [5.41, 5.74) is 6.35. The van der Waals surface area contributed by atoms with Crippen LogP contribution in [0.4, 0.5) is 0 Å². The molecule has 1 rings (SSSR count). The number of rotatable bonds is 3. The Morgan fingerprint density at radius 3 is 2.90 bits per heavy atom. The summed E-state index contributed by atoms with van der Waals surface area (Å²) in [4.78, 5) is 1.26. The first kappa shape index (κ1) is 7.72. The molecule has 2 nitrogen and oxygen atoms in total. The van der Waals surface area contributed by atoms with Crippen LogP contribution in [0.25, 0.3) is 0 Å². The largest absolute Gasteiger partial charge is 0.392 e. The van der Waals surface area contributed by atoms with Crippen molar-refractivity contribution < 1.29 is 5.11 Å². The van der Waals surface area contributed by atoms with E-state index in [1.54, 1.807) is 11.3 Å². The van der Waals surface area contributed by atoms with Gasteiger partial charge in [-0.05, 0) is 30.0 Å². The molecule has 0 amide bonds. The average Bonchev–Trinajstić information content (AvgIpc) is 2.37. The first-order valence-electron chi connectivity index (χ1n) is 3.24. The zero-order chi connectivity index (χ0) is 7.40. The molecule has 0 aromatic carbocycles. The number of hydrogen-bond donors (Lipinski definition) is 2. The Labute approximate surface area is 64.3 Å². The Kier molecular flexibility index (Phi) is 2.86. The van der Waals surface area contributed by atoms with E-state index in [2.05, 4.69) is 0 Å². The van der Waals surface area contributed by atoms with Gasteiger partial charge in [0.1, 0.15) is 0 Å². The van der Waals surface area contributed by atoms with E-state index in [0.717, 1.165) is 12.0 Å². The lowest BCUT2D eigenvalue weighted by Crippen LogP contribution is -2.00. The van der Waals surface area contributed by atoms with Gasteiger partial charge in [0, 0.05) is 4.88 Å². The third kappa shape index (κ3) is 1.80. The van der Waals surface area contributed by atoms with E-state index in [1.807, 2.05) is 11.4 Å². The number of hydrogen-bond acceptors (Lipinski definition) is 3. The van der Waals surface area contributed by atoms with Gasteiger partial charge in [-0.1, -0.05) is 0 Å². The van der Waals surface area contributed by atoms with Crippen LogP contribution in [0.15, 0.2) is 11.4 Å². The van der Waals surface area contributed by atoms with Gasteiger partial charge in [-0.15, -0.1) is 11.3 Å². The van der Waals surface area contributed by atoms with Crippen LogP contribution in [-0.2, 0) is 13.0 Å². The van der Waals surface area contributed by atoms with Crippen LogP contribution in [-0.4, -0.2) is 11.7 Å². The van der Waals surface area contributed by atoms with Gasteiger partial charge in [0.25, 0.3) is 0 Å². The molecule has 1 heterocycles. The summed E-state index contributed by atoms with van der Waals surface area (Å²) in [6.45, 7) is 0.826. The Morgan fingerprint density at radius 2 is 2.40 bits per heavy atom. The second-order valence-corrected chi connectivity index (χ2v) is 3.11. The lowest BCUT2D eigenvalue weighted by atomic mass is 10.3. The van der Waals surface area contributed by atoms with Gasteiger partial charge in [-0.2, -0.15) is 0 Å². The second kappa shape index (κ2) is 3.71. The molecular formula is C7H11NOS. The zero-order valence-electron chi connectivity index (χ0n) is 5.71. The molecule has 0 aliphatic carbocycles. The van der Waals surface area contributed by atoms with Gasteiger partial charge in [-0.25, -0.2) is 0 Å². The Balaban J connectivity index is 2.59. The highest BCUT2D eigenvalue weighted by Gasteiger charge is 1.96. The van der Waals surface area contributed by atoms with Gasteiger partial charge >= 0.3 is 0 Å². The smallest absolute Gasteiger partial charge is 0.0690 e. The van der Waals surface area contributed by atoms with Gasteiger partial charge in [0.05, 0.1) is 6.61 Å². The fourth-order valence-electron chi connectivity index (χ4n) is 0.782. The molecular weight excluding hydrogens is 146 g/mol. The van der Waals surface area contributed by atoms with E-state index >= 15 is 0 Å². The van der Waals surface area contributed by atoms with E-state index in [-0.39, 0.29) is 6.61 Å². The maximum Gasteiger partial charge on any atom is 0.0690 e. The van der Waals surface area contributed by atoms with E-state index < -0.39 is 0 Å². The summed E-state index contributed by atoms with van der Waals surface area (Å²) >= 11 is 1.66. The highest BCUT2D eigenvalue weighted by atomic mass is 32.1. The summed E-state index contributed by atoms with van der Waals surface area (Å²) in [5.74, 6) is 0. The van der Waals surface area contributed by atoms with Crippen LogP contribution < -0.4 is 5.73 Å². The standard InChI is InChI=1S/C7H11NOS/c8-2-1-7-3-6(4-9)5-10-7/h3,5,9H,1-2,4,8H2. The monoisotopic (exact) mass is 157 g/mol. The normalized spacial score (nSPS) is 10.2. The molecule has 3 N–H and O–H groups in total. The van der Waals surface area contributed by atoms with Crippen LogP contribution in [0.3, 0.4) is 0 Å². The maximum absolute atomic E-state index is 8.69. The summed E-state index contributed by atoms with van der Waals surface area (Å²) < 4.78 is 0. The summed E-state index contributed by atoms with van der Waals surface area (Å²) in [6, 6.07) is 2.00. The van der Waals surface area contributed by atoms with Crippen molar-refractivity contribution in [3.05, 3.63) is 21.9 Å². The molecule has 0 bridgehead atoms. The fraction of sp³-hybridized carbons (Fsp3) is 0.429. The molecule has 0 saturated heterocycles. The van der Waals surface area contributed by atoms with E-state index in [9.17, 15) is 0 Å². The van der Waals surface area contributed by atoms with Gasteiger partial charge in [0.15, 0.2) is 0 Å². The maximum atomic E-state index is 8.69. The molecule has 0 spiro atoms. The predicted octanol–water partition coefficient (Wildman–Crippen LogP) is 0.742. The van der Waals surface area contributed by atoms with Crippen LogP contribution in [0.2, 0.25) is 0 Å². The minimum absolute atomic E-state index is 0.140. The van der Waals surface area contributed by atoms with Gasteiger partial charge in [-0.3, -0.25) is 0 Å². The van der Waals surface area contributed by atoms with E-state index in [0.29, 0.717) is 6.54 Å². The third-order valence-electron chi connectivity index (χ3n) is 1.28. The van der Waals surface area contributed by atoms with Crippen molar-refractivity contribution in [2.24, 2.45) is 5.73 Å². The molecule has 10 heavy (non-hydrogen) atoms. The molecule has 0 fully saturated rings. The molecule has 0 radical (unpaired) electrons. The van der Waals surface area contributed by atoms with Crippen molar-refractivity contribution >= 4 is 11.3 Å². The number of thiophene rings is 1. The van der Waals surface area contributed by atoms with Crippen LogP contribution >= 0.6 is 11.3 Å². The van der Waals surface area contributed by atoms with Crippen molar-refractivity contribution in [1.29, 1.82) is 0 Å². The zero-order valence-corrected chi connectivity index (χ0v) is 6.53. The van der Waals surface area contributed by atoms with E-state index in [1.165, 1.54) is 4.88 Å². The van der Waals surface area contributed by atoms with Crippen LogP contribution in [0.5, 0.6) is 0 Å². The average molecular weight is 157 g/mol. The van der Waals surface area contributed by atoms with Crippen molar-refractivity contribution in [1.82, 2.24) is 0 Å². The second-order valence-electron chi connectivity index (χ2n) is 2.12. The van der Waals surface area contributed by atoms with Crippen molar-refractivity contribution in [2.45, 2.75) is 13.0 Å². The van der Waals surface area contributed by atoms with Crippen molar-refractivity contribution in [3.8, 4) is 0 Å². The third-order valence-corrected chi connectivity index (χ3v) is 2.33. The van der Waals surface area contributed by atoms with Crippen molar-refractivity contribution in [2.75, 3.05) is 6.54 Å². The quantitative estimate of drug-likeness (QED) is 0.680. The molecule has 3 heteroatoms. The fourth-order valence-corrected chi connectivity index (χ4v) is 1.68. The summed E-state index contributed by atoms with van der Waals surface area (Å²) in [6.07, 6.45) is 0.921. The summed E-state index contributed by atoms with van der Waals surface area (Å²) in [5, 5.41) is 10.7.